The first-order valence-electron chi connectivity index (χ1n) is 20.4. The first-order valence-corrected chi connectivity index (χ1v) is 20.4. The van der Waals surface area contributed by atoms with Crippen molar-refractivity contribution in [1.82, 2.24) is 0 Å². The second kappa shape index (κ2) is 12.2. The van der Waals surface area contributed by atoms with Gasteiger partial charge in [0.15, 0.2) is 0 Å². The summed E-state index contributed by atoms with van der Waals surface area (Å²) in [6, 6.07) is 78.3. The monoisotopic (exact) mass is 749 g/mol. The summed E-state index contributed by atoms with van der Waals surface area (Å²) in [5.41, 5.74) is 17.3. The standard InChI is InChI=1S/C57H35NO/c1-2-14-37(15-3-1)42-23-13-27-50-56(42)47-33-31-39(34-51(47)57(50)48-25-8-6-21-43(48)46-24-10-18-38-19-11-26-49(57)55(38)46)58(52-28-12-17-36-16-4-5-20-41(36)52)40-30-32-45-44-22-7-9-29-53(44)59-54(45)35-40/h1-35H. The van der Waals surface area contributed by atoms with E-state index in [1.165, 1.54) is 77.2 Å². The second-order valence-electron chi connectivity index (χ2n) is 15.9. The maximum atomic E-state index is 6.54. The summed E-state index contributed by atoms with van der Waals surface area (Å²) in [6.45, 7) is 0. The SMILES string of the molecule is c1ccc(-c2cccc3c2-c2ccc(N(c4ccc5c(c4)oc4ccccc45)c4cccc5ccccc45)cc2C32c3ccccc3-c3cccc4cccc2c34)cc1. The zero-order valence-corrected chi connectivity index (χ0v) is 32.1. The number of nitrogens with zero attached hydrogens (tertiary/aromatic N) is 1. The van der Waals surface area contributed by atoms with Gasteiger partial charge in [-0.15, -0.1) is 0 Å². The van der Waals surface area contributed by atoms with Crippen molar-refractivity contribution in [2.45, 2.75) is 5.41 Å². The number of para-hydroxylation sites is 1. The van der Waals surface area contributed by atoms with Crippen molar-refractivity contribution in [2.24, 2.45) is 0 Å². The van der Waals surface area contributed by atoms with Crippen LogP contribution in [-0.4, -0.2) is 0 Å². The summed E-state index contributed by atoms with van der Waals surface area (Å²) in [5, 5.41) is 7.21. The minimum absolute atomic E-state index is 0.580. The molecule has 0 amide bonds. The molecule has 274 valence electrons. The van der Waals surface area contributed by atoms with Crippen LogP contribution in [0.4, 0.5) is 17.1 Å². The molecule has 1 spiro atoms. The van der Waals surface area contributed by atoms with E-state index < -0.39 is 5.41 Å². The highest BCUT2D eigenvalue weighted by atomic mass is 16.3. The Hall–Kier alpha value is -7.68. The predicted octanol–water partition coefficient (Wildman–Crippen LogP) is 15.4. The Morgan fingerprint density at radius 1 is 0.356 bits per heavy atom. The predicted molar refractivity (Wildman–Crippen MR) is 245 cm³/mol. The van der Waals surface area contributed by atoms with E-state index in [1.807, 2.05) is 6.07 Å². The van der Waals surface area contributed by atoms with E-state index >= 15 is 0 Å². The lowest BCUT2D eigenvalue weighted by Gasteiger charge is -2.40. The summed E-state index contributed by atoms with van der Waals surface area (Å²) < 4.78 is 6.54. The van der Waals surface area contributed by atoms with Gasteiger partial charge >= 0.3 is 0 Å². The van der Waals surface area contributed by atoms with Crippen molar-refractivity contribution >= 4 is 60.5 Å². The van der Waals surface area contributed by atoms with Crippen molar-refractivity contribution < 1.29 is 4.42 Å². The lowest BCUT2D eigenvalue weighted by Crippen LogP contribution is -2.32. The fourth-order valence-electron chi connectivity index (χ4n) is 10.7. The molecule has 13 rings (SSSR count). The van der Waals surface area contributed by atoms with Crippen LogP contribution in [0.5, 0.6) is 0 Å². The summed E-state index contributed by atoms with van der Waals surface area (Å²) >= 11 is 0. The van der Waals surface area contributed by atoms with Gasteiger partial charge < -0.3 is 9.32 Å². The maximum absolute atomic E-state index is 6.54. The Morgan fingerprint density at radius 2 is 0.983 bits per heavy atom. The van der Waals surface area contributed by atoms with Gasteiger partial charge in [0.1, 0.15) is 11.2 Å². The summed E-state index contributed by atoms with van der Waals surface area (Å²) in [4.78, 5) is 2.44. The van der Waals surface area contributed by atoms with Crippen molar-refractivity contribution in [3.8, 4) is 33.4 Å². The third kappa shape index (κ3) is 4.40. The van der Waals surface area contributed by atoms with Crippen LogP contribution in [-0.2, 0) is 5.41 Å². The molecule has 2 aliphatic carbocycles. The average molecular weight is 750 g/mol. The molecular formula is C57H35NO. The first-order chi connectivity index (χ1) is 29.3. The van der Waals surface area contributed by atoms with E-state index in [0.717, 1.165) is 39.0 Å². The van der Waals surface area contributed by atoms with E-state index in [2.05, 4.69) is 211 Å². The molecule has 1 atom stereocenters. The first kappa shape index (κ1) is 32.4. The van der Waals surface area contributed by atoms with Crippen molar-refractivity contribution in [3.05, 3.63) is 235 Å². The van der Waals surface area contributed by atoms with Crippen LogP contribution < -0.4 is 4.90 Å². The molecule has 1 heterocycles. The Morgan fingerprint density at radius 3 is 1.92 bits per heavy atom. The minimum atomic E-state index is -0.580. The normalized spacial score (nSPS) is 14.8. The zero-order chi connectivity index (χ0) is 38.7. The molecule has 0 aliphatic heterocycles. The largest absolute Gasteiger partial charge is 0.456 e. The highest BCUT2D eigenvalue weighted by molar-refractivity contribution is 6.10. The molecule has 1 unspecified atom stereocenters. The van der Waals surface area contributed by atoms with Gasteiger partial charge in [0.2, 0.25) is 0 Å². The van der Waals surface area contributed by atoms with Crippen molar-refractivity contribution in [2.75, 3.05) is 4.90 Å². The van der Waals surface area contributed by atoms with Crippen LogP contribution in [0.3, 0.4) is 0 Å². The number of fused-ring (bicyclic) bond motifs is 13. The third-order valence-corrected chi connectivity index (χ3v) is 13.0. The molecule has 0 saturated carbocycles. The molecular weight excluding hydrogens is 715 g/mol. The zero-order valence-electron chi connectivity index (χ0n) is 32.1. The van der Waals surface area contributed by atoms with E-state index in [0.29, 0.717) is 0 Å². The van der Waals surface area contributed by atoms with E-state index in [4.69, 9.17) is 4.42 Å². The number of furan rings is 1. The molecule has 1 aromatic heterocycles. The molecule has 10 aromatic carbocycles. The molecule has 0 radical (unpaired) electrons. The van der Waals surface area contributed by atoms with Gasteiger partial charge in [-0.2, -0.15) is 0 Å². The van der Waals surface area contributed by atoms with E-state index in [-0.39, 0.29) is 0 Å². The van der Waals surface area contributed by atoms with Gasteiger partial charge in [-0.3, -0.25) is 0 Å². The van der Waals surface area contributed by atoms with Crippen LogP contribution in [0.25, 0.3) is 76.9 Å². The fourth-order valence-corrected chi connectivity index (χ4v) is 10.7. The van der Waals surface area contributed by atoms with Crippen LogP contribution in [0, 0.1) is 0 Å². The molecule has 0 saturated heterocycles. The van der Waals surface area contributed by atoms with Crippen molar-refractivity contribution in [1.29, 1.82) is 0 Å². The molecule has 0 bridgehead atoms. The number of rotatable bonds is 4. The van der Waals surface area contributed by atoms with Crippen LogP contribution >= 0.6 is 0 Å². The highest BCUT2D eigenvalue weighted by Crippen LogP contribution is 2.64. The number of hydrogen-bond donors (Lipinski definition) is 0. The molecule has 11 aromatic rings. The van der Waals surface area contributed by atoms with Gasteiger partial charge in [0.25, 0.3) is 0 Å². The van der Waals surface area contributed by atoms with E-state index in [9.17, 15) is 0 Å². The third-order valence-electron chi connectivity index (χ3n) is 13.0. The van der Waals surface area contributed by atoms with Gasteiger partial charge in [-0.05, 0) is 108 Å². The van der Waals surface area contributed by atoms with Gasteiger partial charge in [-0.1, -0.05) is 170 Å². The van der Waals surface area contributed by atoms with Crippen LogP contribution in [0.2, 0.25) is 0 Å². The molecule has 2 heteroatoms. The quantitative estimate of drug-likeness (QED) is 0.178. The topological polar surface area (TPSA) is 16.4 Å². The second-order valence-corrected chi connectivity index (χ2v) is 15.9. The lowest BCUT2D eigenvalue weighted by atomic mass is 9.61. The van der Waals surface area contributed by atoms with Gasteiger partial charge in [0.05, 0.1) is 11.1 Å². The highest BCUT2D eigenvalue weighted by Gasteiger charge is 2.51. The molecule has 0 fully saturated rings. The van der Waals surface area contributed by atoms with Crippen LogP contribution in [0.15, 0.2) is 217 Å². The lowest BCUT2D eigenvalue weighted by molar-refractivity contribution is 0.669. The molecule has 2 aliphatic rings. The van der Waals surface area contributed by atoms with Crippen molar-refractivity contribution in [3.63, 3.8) is 0 Å². The fraction of sp³-hybridized carbons (Fsp3) is 0.0175. The Kier molecular flexibility index (Phi) is 6.68. The average Bonchev–Trinajstić information content (AvgIpc) is 3.82. The number of anilines is 3. The molecule has 59 heavy (non-hydrogen) atoms. The number of hydrogen-bond acceptors (Lipinski definition) is 2. The Balaban J connectivity index is 1.16. The smallest absolute Gasteiger partial charge is 0.137 e. The summed E-state index contributed by atoms with van der Waals surface area (Å²) in [6.07, 6.45) is 0. The maximum Gasteiger partial charge on any atom is 0.137 e. The Labute approximate surface area is 341 Å². The number of benzene rings is 10. The van der Waals surface area contributed by atoms with Gasteiger partial charge in [-0.25, -0.2) is 0 Å². The van der Waals surface area contributed by atoms with Crippen LogP contribution in [0.1, 0.15) is 22.3 Å². The molecule has 2 nitrogen and oxygen atoms in total. The Bertz CT molecular complexity index is 3510. The minimum Gasteiger partial charge on any atom is -0.456 e. The molecule has 0 N–H and O–H groups in total. The summed E-state index contributed by atoms with van der Waals surface area (Å²) in [7, 11) is 0. The summed E-state index contributed by atoms with van der Waals surface area (Å²) in [5.74, 6) is 0. The van der Waals surface area contributed by atoms with Gasteiger partial charge in [0, 0.05) is 33.6 Å². The van der Waals surface area contributed by atoms with E-state index in [1.54, 1.807) is 0 Å².